The van der Waals surface area contributed by atoms with Crippen LogP contribution in [0.4, 0.5) is 10.7 Å². The zero-order valence-corrected chi connectivity index (χ0v) is 19.0. The van der Waals surface area contributed by atoms with Gasteiger partial charge in [0.1, 0.15) is 0 Å². The molecule has 3 aromatic heterocycles. The first-order valence-electron chi connectivity index (χ1n) is 11.4. The number of H-pyrrole nitrogens is 1. The molecule has 0 unspecified atom stereocenters. The average molecular weight is 458 g/mol. The summed E-state index contributed by atoms with van der Waals surface area (Å²) in [6.45, 7) is 6.62. The van der Waals surface area contributed by atoms with E-state index in [4.69, 9.17) is 9.72 Å². The van der Waals surface area contributed by atoms with Crippen molar-refractivity contribution in [2.75, 3.05) is 38.2 Å². The number of hydrogen-bond acceptors (Lipinski definition) is 6. The van der Waals surface area contributed by atoms with Crippen molar-refractivity contribution in [2.45, 2.75) is 13.5 Å². The number of rotatable bonds is 6. The lowest BCUT2D eigenvalue weighted by molar-refractivity contribution is 0.0336. The second-order valence-electron chi connectivity index (χ2n) is 8.13. The summed E-state index contributed by atoms with van der Waals surface area (Å²) in [5, 5.41) is 5.47. The standard InChI is InChI=1S/C25H27N7O2/c1-2-26-25(33)31-24-29-22-14-18(13-20(23(22)30-24)21-5-3-4-8-27-21)17-6-7-19(28-15-17)16-32-9-11-34-12-10-32/h3-8,13-15H,2,9-12,16H2,1H3,(H3,26,29,30,31,33). The number of fused-ring (bicyclic) bond motifs is 1. The van der Waals surface area contributed by atoms with Crippen molar-refractivity contribution < 1.29 is 9.53 Å². The summed E-state index contributed by atoms with van der Waals surface area (Å²) in [6.07, 6.45) is 3.67. The van der Waals surface area contributed by atoms with E-state index < -0.39 is 0 Å². The number of carbonyl (C=O) groups excluding carboxylic acids is 1. The van der Waals surface area contributed by atoms with Crippen LogP contribution in [0.15, 0.2) is 54.9 Å². The van der Waals surface area contributed by atoms with Gasteiger partial charge in [-0.05, 0) is 42.8 Å². The molecule has 1 aromatic carbocycles. The maximum absolute atomic E-state index is 12.0. The van der Waals surface area contributed by atoms with Crippen molar-refractivity contribution in [1.82, 2.24) is 30.2 Å². The zero-order chi connectivity index (χ0) is 23.3. The minimum absolute atomic E-state index is 0.304. The fourth-order valence-corrected chi connectivity index (χ4v) is 4.05. The summed E-state index contributed by atoms with van der Waals surface area (Å²) >= 11 is 0. The highest BCUT2D eigenvalue weighted by Gasteiger charge is 2.15. The Morgan fingerprint density at radius 1 is 1.12 bits per heavy atom. The number of ether oxygens (including phenoxy) is 1. The molecule has 34 heavy (non-hydrogen) atoms. The Morgan fingerprint density at radius 3 is 2.74 bits per heavy atom. The van der Waals surface area contributed by atoms with E-state index in [0.29, 0.717) is 12.5 Å². The Hall–Kier alpha value is -3.82. The minimum Gasteiger partial charge on any atom is -0.379 e. The van der Waals surface area contributed by atoms with Gasteiger partial charge in [0.05, 0.1) is 35.6 Å². The first kappa shape index (κ1) is 22.0. The molecule has 0 radical (unpaired) electrons. The van der Waals surface area contributed by atoms with Gasteiger partial charge in [-0.15, -0.1) is 0 Å². The predicted octanol–water partition coefficient (Wildman–Crippen LogP) is 3.66. The number of aromatic nitrogens is 4. The van der Waals surface area contributed by atoms with Gasteiger partial charge in [-0.25, -0.2) is 9.78 Å². The number of pyridine rings is 2. The Morgan fingerprint density at radius 2 is 2.00 bits per heavy atom. The quantitative estimate of drug-likeness (QED) is 0.408. The third-order valence-electron chi connectivity index (χ3n) is 5.74. The van der Waals surface area contributed by atoms with E-state index >= 15 is 0 Å². The lowest BCUT2D eigenvalue weighted by atomic mass is 10.0. The number of anilines is 1. The molecule has 0 spiro atoms. The SMILES string of the molecule is CCNC(=O)Nc1nc2c(-c3ccccn3)cc(-c3ccc(CN4CCOCC4)nc3)cc2[nH]1. The van der Waals surface area contributed by atoms with E-state index in [0.717, 1.165) is 72.0 Å². The lowest BCUT2D eigenvalue weighted by Crippen LogP contribution is -2.35. The summed E-state index contributed by atoms with van der Waals surface area (Å²) in [5.41, 5.74) is 6.26. The minimum atomic E-state index is -0.304. The molecule has 9 heteroatoms. The Kier molecular flexibility index (Phi) is 6.46. The normalized spacial score (nSPS) is 14.3. The first-order chi connectivity index (χ1) is 16.7. The second-order valence-corrected chi connectivity index (χ2v) is 8.13. The van der Waals surface area contributed by atoms with Gasteiger partial charge in [0, 0.05) is 49.7 Å². The molecule has 2 amide bonds. The molecule has 1 fully saturated rings. The van der Waals surface area contributed by atoms with Gasteiger partial charge in [0.2, 0.25) is 5.95 Å². The molecule has 174 valence electrons. The van der Waals surface area contributed by atoms with Crippen molar-refractivity contribution >= 4 is 23.0 Å². The van der Waals surface area contributed by atoms with Crippen molar-refractivity contribution in [3.8, 4) is 22.4 Å². The molecular formula is C25H27N7O2. The molecule has 4 aromatic rings. The fraction of sp³-hybridized carbons (Fsp3) is 0.280. The number of imidazole rings is 1. The number of morpholine rings is 1. The summed E-state index contributed by atoms with van der Waals surface area (Å²) in [4.78, 5) is 31.4. The van der Waals surface area contributed by atoms with Crippen LogP contribution in [0, 0.1) is 0 Å². The molecule has 4 heterocycles. The Balaban J connectivity index is 1.48. The van der Waals surface area contributed by atoms with Gasteiger partial charge >= 0.3 is 6.03 Å². The van der Waals surface area contributed by atoms with Gasteiger partial charge < -0.3 is 15.0 Å². The smallest absolute Gasteiger partial charge is 0.321 e. The third-order valence-corrected chi connectivity index (χ3v) is 5.74. The Bertz CT molecular complexity index is 1270. The molecule has 3 N–H and O–H groups in total. The van der Waals surface area contributed by atoms with Crippen LogP contribution < -0.4 is 10.6 Å². The highest BCUT2D eigenvalue weighted by molar-refractivity contribution is 5.97. The van der Waals surface area contributed by atoms with E-state index in [1.165, 1.54) is 0 Å². The molecule has 1 aliphatic heterocycles. The monoisotopic (exact) mass is 457 g/mol. The van der Waals surface area contributed by atoms with Crippen molar-refractivity contribution in [3.63, 3.8) is 0 Å². The zero-order valence-electron chi connectivity index (χ0n) is 19.0. The molecule has 9 nitrogen and oxygen atoms in total. The van der Waals surface area contributed by atoms with Crippen molar-refractivity contribution in [2.24, 2.45) is 0 Å². The van der Waals surface area contributed by atoms with Crippen LogP contribution in [-0.2, 0) is 11.3 Å². The van der Waals surface area contributed by atoms with Gasteiger partial charge in [-0.1, -0.05) is 12.1 Å². The first-order valence-corrected chi connectivity index (χ1v) is 11.4. The molecule has 0 aliphatic carbocycles. The summed E-state index contributed by atoms with van der Waals surface area (Å²) < 4.78 is 5.43. The molecular weight excluding hydrogens is 430 g/mol. The van der Waals surface area contributed by atoms with E-state index in [-0.39, 0.29) is 6.03 Å². The molecule has 5 rings (SSSR count). The van der Waals surface area contributed by atoms with Gasteiger partial charge in [0.15, 0.2) is 0 Å². The number of hydrogen-bond donors (Lipinski definition) is 3. The third kappa shape index (κ3) is 4.90. The van der Waals surface area contributed by atoms with Gasteiger partial charge in [-0.2, -0.15) is 0 Å². The van der Waals surface area contributed by atoms with E-state index in [1.54, 1.807) is 6.20 Å². The van der Waals surface area contributed by atoms with Crippen molar-refractivity contribution in [3.05, 3.63) is 60.6 Å². The number of nitrogens with zero attached hydrogens (tertiary/aromatic N) is 4. The topological polar surface area (TPSA) is 108 Å². The van der Waals surface area contributed by atoms with Crippen molar-refractivity contribution in [1.29, 1.82) is 0 Å². The van der Waals surface area contributed by atoms with Crippen LogP contribution in [-0.4, -0.2) is 63.7 Å². The summed E-state index contributed by atoms with van der Waals surface area (Å²) in [7, 11) is 0. The maximum atomic E-state index is 12.0. The largest absolute Gasteiger partial charge is 0.379 e. The molecule has 0 atom stereocenters. The van der Waals surface area contributed by atoms with E-state index in [1.807, 2.05) is 37.4 Å². The average Bonchev–Trinajstić information content (AvgIpc) is 3.27. The van der Waals surface area contributed by atoms with Gasteiger partial charge in [0.25, 0.3) is 0 Å². The fourth-order valence-electron chi connectivity index (χ4n) is 4.05. The number of amides is 2. The molecule has 0 saturated carbocycles. The number of aromatic amines is 1. The lowest BCUT2D eigenvalue weighted by Gasteiger charge is -2.26. The number of benzene rings is 1. The van der Waals surface area contributed by atoms with Crippen LogP contribution in [0.25, 0.3) is 33.4 Å². The van der Waals surface area contributed by atoms with E-state index in [9.17, 15) is 4.79 Å². The summed E-state index contributed by atoms with van der Waals surface area (Å²) in [5.74, 6) is 0.384. The van der Waals surface area contributed by atoms with E-state index in [2.05, 4.69) is 48.7 Å². The van der Waals surface area contributed by atoms with Crippen LogP contribution in [0.2, 0.25) is 0 Å². The maximum Gasteiger partial charge on any atom is 0.321 e. The molecule has 1 aliphatic rings. The van der Waals surface area contributed by atoms with Gasteiger partial charge in [-0.3, -0.25) is 20.2 Å². The van der Waals surface area contributed by atoms with Crippen LogP contribution in [0.3, 0.4) is 0 Å². The summed E-state index contributed by atoms with van der Waals surface area (Å²) in [6, 6.07) is 13.7. The Labute approximate surface area is 197 Å². The highest BCUT2D eigenvalue weighted by atomic mass is 16.5. The molecule has 0 bridgehead atoms. The van der Waals surface area contributed by atoms with Crippen LogP contribution in [0.5, 0.6) is 0 Å². The highest BCUT2D eigenvalue weighted by Crippen LogP contribution is 2.33. The van der Waals surface area contributed by atoms with Crippen LogP contribution >= 0.6 is 0 Å². The predicted molar refractivity (Wildman–Crippen MR) is 131 cm³/mol. The second kappa shape index (κ2) is 9.98. The number of nitrogens with one attached hydrogen (secondary N) is 3. The number of urea groups is 1. The van der Waals surface area contributed by atoms with Crippen LogP contribution in [0.1, 0.15) is 12.6 Å². The molecule has 1 saturated heterocycles. The number of carbonyl (C=O) groups is 1.